The highest BCUT2D eigenvalue weighted by molar-refractivity contribution is 7.07. The average Bonchev–Trinajstić information content (AvgIpc) is 2.96. The number of Topliss-reactive ketones (excluding diaryl/α,β-unsaturated/α-hetero) is 1. The van der Waals surface area contributed by atoms with Gasteiger partial charge >= 0.3 is 0 Å². The van der Waals surface area contributed by atoms with Crippen molar-refractivity contribution in [3.05, 3.63) is 163 Å². The zero-order chi connectivity index (χ0) is 23.9. The van der Waals surface area contributed by atoms with Gasteiger partial charge in [-0.3, -0.25) is 4.79 Å². The van der Waals surface area contributed by atoms with Crippen LogP contribution in [0.15, 0.2) is 152 Å². The van der Waals surface area contributed by atoms with Crippen molar-refractivity contribution in [1.82, 2.24) is 0 Å². The van der Waals surface area contributed by atoms with Gasteiger partial charge in [0.2, 0.25) is 0 Å². The van der Waals surface area contributed by atoms with E-state index in [2.05, 4.69) is 36.4 Å². The van der Waals surface area contributed by atoms with Gasteiger partial charge in [-0.1, -0.05) is 152 Å². The summed E-state index contributed by atoms with van der Waals surface area (Å²) in [6.07, 6.45) is -0.758. The minimum absolute atomic E-state index is 0.0449. The molecule has 0 spiro atoms. The summed E-state index contributed by atoms with van der Waals surface area (Å²) in [5.41, 5.74) is 1.49. The van der Waals surface area contributed by atoms with Crippen LogP contribution in [-0.4, -0.2) is 14.1 Å². The van der Waals surface area contributed by atoms with Crippen LogP contribution in [0.2, 0.25) is 0 Å². The van der Waals surface area contributed by atoms with Crippen LogP contribution in [0, 0.1) is 0 Å². The van der Waals surface area contributed by atoms with Crippen molar-refractivity contribution in [3.63, 3.8) is 0 Å². The minimum atomic E-state index is -3.09. The van der Waals surface area contributed by atoms with E-state index in [1.54, 1.807) is 0 Å². The van der Waals surface area contributed by atoms with Gasteiger partial charge in [-0.25, -0.2) is 0 Å². The van der Waals surface area contributed by atoms with Crippen molar-refractivity contribution in [1.29, 1.82) is 0 Å². The lowest BCUT2D eigenvalue weighted by Gasteiger charge is -2.36. The van der Waals surface area contributed by atoms with E-state index in [4.69, 9.17) is 4.43 Å². The maximum atomic E-state index is 14.0. The number of hydrogen-bond acceptors (Lipinski definition) is 2. The van der Waals surface area contributed by atoms with Crippen LogP contribution in [0.25, 0.3) is 0 Å². The molecule has 5 aromatic rings. The molecule has 0 heterocycles. The Hall–Kier alpha value is -4.05. The first kappa shape index (κ1) is 22.7. The molecule has 5 rings (SSSR count). The standard InChI is InChI=1S/C32H26O2Si/c33-31(26-16-6-1-7-17-26)32(27-18-8-2-9-19-27)34-35(28-20-10-3-11-21-28,29-22-12-4-13-23-29)30-24-14-5-15-25-30/h1-25,32H. The SMILES string of the molecule is O=C(c1ccccc1)C(O[Si](c1ccccc1)(c1ccccc1)c1ccccc1)c1ccccc1. The Morgan fingerprint density at radius 1 is 0.486 bits per heavy atom. The van der Waals surface area contributed by atoms with E-state index in [-0.39, 0.29) is 5.78 Å². The average molecular weight is 471 g/mol. The Morgan fingerprint density at radius 2 is 0.829 bits per heavy atom. The van der Waals surface area contributed by atoms with Gasteiger partial charge in [0.05, 0.1) is 0 Å². The van der Waals surface area contributed by atoms with Crippen LogP contribution < -0.4 is 15.6 Å². The summed E-state index contributed by atoms with van der Waals surface area (Å²) >= 11 is 0. The lowest BCUT2D eigenvalue weighted by Crippen LogP contribution is -2.70. The first-order valence-corrected chi connectivity index (χ1v) is 13.7. The summed E-state index contributed by atoms with van der Waals surface area (Å²) in [6, 6.07) is 50.3. The Kier molecular flexibility index (Phi) is 6.80. The zero-order valence-electron chi connectivity index (χ0n) is 19.3. The molecule has 0 fully saturated rings. The highest BCUT2D eigenvalue weighted by Crippen LogP contribution is 2.27. The van der Waals surface area contributed by atoms with E-state index < -0.39 is 14.4 Å². The van der Waals surface area contributed by atoms with Crippen molar-refractivity contribution >= 4 is 29.7 Å². The molecule has 5 aromatic carbocycles. The second kappa shape index (κ2) is 10.5. The fourth-order valence-electron chi connectivity index (χ4n) is 4.55. The number of ketones is 1. The second-order valence-electron chi connectivity index (χ2n) is 8.42. The quantitative estimate of drug-likeness (QED) is 0.175. The molecule has 0 N–H and O–H groups in total. The number of rotatable bonds is 8. The first-order valence-electron chi connectivity index (χ1n) is 11.8. The smallest absolute Gasteiger partial charge is 0.289 e. The molecule has 0 saturated carbocycles. The monoisotopic (exact) mass is 470 g/mol. The summed E-state index contributed by atoms with van der Waals surface area (Å²) in [5, 5.41) is 3.29. The van der Waals surface area contributed by atoms with Gasteiger partial charge < -0.3 is 4.43 Å². The van der Waals surface area contributed by atoms with E-state index in [9.17, 15) is 4.79 Å². The van der Waals surface area contributed by atoms with Crippen LogP contribution in [-0.2, 0) is 4.43 Å². The van der Waals surface area contributed by atoms with Crippen molar-refractivity contribution in [3.8, 4) is 0 Å². The number of hydrogen-bond donors (Lipinski definition) is 0. The van der Waals surface area contributed by atoms with Gasteiger partial charge in [-0.15, -0.1) is 0 Å². The molecule has 2 nitrogen and oxygen atoms in total. The topological polar surface area (TPSA) is 26.3 Å². The highest BCUT2D eigenvalue weighted by Gasteiger charge is 2.45. The molecule has 3 heteroatoms. The molecular formula is C32H26O2Si. The molecule has 1 atom stereocenters. The Bertz CT molecular complexity index is 1260. The van der Waals surface area contributed by atoms with E-state index >= 15 is 0 Å². The van der Waals surface area contributed by atoms with Crippen LogP contribution in [0.3, 0.4) is 0 Å². The molecule has 0 amide bonds. The largest absolute Gasteiger partial charge is 0.389 e. The maximum absolute atomic E-state index is 14.0. The Labute approximate surface area is 207 Å². The third-order valence-electron chi connectivity index (χ3n) is 6.23. The van der Waals surface area contributed by atoms with Crippen molar-refractivity contribution < 1.29 is 9.22 Å². The summed E-state index contributed by atoms with van der Waals surface area (Å²) < 4.78 is 7.29. The molecule has 0 bridgehead atoms. The van der Waals surface area contributed by atoms with Crippen LogP contribution in [0.5, 0.6) is 0 Å². The molecule has 1 unspecified atom stereocenters. The molecule has 0 saturated heterocycles. The van der Waals surface area contributed by atoms with E-state index in [1.807, 2.05) is 115 Å². The van der Waals surface area contributed by atoms with Crippen molar-refractivity contribution in [2.45, 2.75) is 6.10 Å². The third-order valence-corrected chi connectivity index (χ3v) is 10.3. The Balaban J connectivity index is 1.76. The molecule has 0 aliphatic carbocycles. The van der Waals surface area contributed by atoms with Gasteiger partial charge in [0.25, 0.3) is 8.32 Å². The van der Waals surface area contributed by atoms with Crippen molar-refractivity contribution in [2.24, 2.45) is 0 Å². The fraction of sp³-hybridized carbons (Fsp3) is 0.0312. The highest BCUT2D eigenvalue weighted by atomic mass is 28.4. The predicted octanol–water partition coefficient (Wildman–Crippen LogP) is 5.29. The molecule has 0 aliphatic rings. The minimum Gasteiger partial charge on any atom is -0.389 e. The summed E-state index contributed by atoms with van der Waals surface area (Å²) in [6.45, 7) is 0. The van der Waals surface area contributed by atoms with Crippen LogP contribution >= 0.6 is 0 Å². The zero-order valence-corrected chi connectivity index (χ0v) is 20.3. The molecule has 0 radical (unpaired) electrons. The van der Waals surface area contributed by atoms with Crippen molar-refractivity contribution in [2.75, 3.05) is 0 Å². The number of carbonyl (C=O) groups excluding carboxylic acids is 1. The third kappa shape index (κ3) is 4.65. The maximum Gasteiger partial charge on any atom is 0.289 e. The first-order chi connectivity index (χ1) is 17.3. The summed E-state index contributed by atoms with van der Waals surface area (Å²) in [4.78, 5) is 14.0. The summed E-state index contributed by atoms with van der Waals surface area (Å²) in [7, 11) is -3.09. The molecular weight excluding hydrogens is 444 g/mol. The van der Waals surface area contributed by atoms with Gasteiger partial charge in [-0.05, 0) is 21.1 Å². The molecule has 0 aliphatic heterocycles. The second-order valence-corrected chi connectivity index (χ2v) is 11.7. The van der Waals surface area contributed by atoms with Gasteiger partial charge in [0.15, 0.2) is 5.78 Å². The molecule has 0 aromatic heterocycles. The predicted molar refractivity (Wildman–Crippen MR) is 145 cm³/mol. The van der Waals surface area contributed by atoms with E-state index in [0.717, 1.165) is 21.1 Å². The van der Waals surface area contributed by atoms with E-state index in [1.165, 1.54) is 0 Å². The number of carbonyl (C=O) groups is 1. The fourth-order valence-corrected chi connectivity index (χ4v) is 8.54. The van der Waals surface area contributed by atoms with Crippen LogP contribution in [0.4, 0.5) is 0 Å². The normalized spacial score (nSPS) is 12.1. The molecule has 170 valence electrons. The van der Waals surface area contributed by atoms with Gasteiger partial charge in [0, 0.05) is 5.56 Å². The molecule has 35 heavy (non-hydrogen) atoms. The lowest BCUT2D eigenvalue weighted by molar-refractivity contribution is 0.0789. The van der Waals surface area contributed by atoms with Gasteiger partial charge in [0.1, 0.15) is 6.10 Å². The lowest BCUT2D eigenvalue weighted by atomic mass is 10.0. The van der Waals surface area contributed by atoms with Gasteiger partial charge in [-0.2, -0.15) is 0 Å². The summed E-state index contributed by atoms with van der Waals surface area (Å²) in [5.74, 6) is -0.0449. The van der Waals surface area contributed by atoms with E-state index in [0.29, 0.717) is 5.56 Å². The van der Waals surface area contributed by atoms with Crippen LogP contribution in [0.1, 0.15) is 22.0 Å². The Morgan fingerprint density at radius 3 is 1.23 bits per heavy atom. The number of benzene rings is 5.